The van der Waals surface area contributed by atoms with Gasteiger partial charge in [-0.2, -0.15) is 0 Å². The summed E-state index contributed by atoms with van der Waals surface area (Å²) >= 11 is 0. The first-order valence-electron chi connectivity index (χ1n) is 10.2. The number of aromatic hydroxyl groups is 1. The van der Waals surface area contributed by atoms with E-state index < -0.39 is 11.6 Å². The number of phenolic OH excluding ortho intramolecular Hbond substituents is 1. The van der Waals surface area contributed by atoms with Crippen LogP contribution in [0.5, 0.6) is 5.75 Å². The van der Waals surface area contributed by atoms with Crippen LogP contribution in [0.2, 0.25) is 0 Å². The minimum absolute atomic E-state index is 0.0478. The second-order valence-electron chi connectivity index (χ2n) is 9.25. The van der Waals surface area contributed by atoms with E-state index in [9.17, 15) is 19.4 Å². The Hall–Kier alpha value is -2.86. The van der Waals surface area contributed by atoms with E-state index in [0.29, 0.717) is 19.4 Å². The van der Waals surface area contributed by atoms with Gasteiger partial charge in [-0.25, -0.2) is 4.39 Å². The molecule has 1 aliphatic heterocycles. The molecule has 3 aromatic rings. The van der Waals surface area contributed by atoms with E-state index in [4.69, 9.17) is 4.74 Å². The fraction of sp³-hybridized carbons (Fsp3) is 0.375. The molecule has 6 heteroatoms. The second kappa shape index (κ2) is 6.32. The normalized spacial score (nSPS) is 24.6. The predicted octanol–water partition coefficient (Wildman–Crippen LogP) is 4.86. The van der Waals surface area contributed by atoms with Crippen molar-refractivity contribution in [1.29, 1.82) is 0 Å². The number of benzene rings is 2. The molecule has 1 aliphatic carbocycles. The summed E-state index contributed by atoms with van der Waals surface area (Å²) in [6.07, 6.45) is 1.34. The average Bonchev–Trinajstić information content (AvgIpc) is 3.01. The van der Waals surface area contributed by atoms with Crippen LogP contribution in [0.3, 0.4) is 0 Å². The zero-order valence-electron chi connectivity index (χ0n) is 17.0. The van der Waals surface area contributed by atoms with E-state index in [1.807, 2.05) is 6.07 Å². The van der Waals surface area contributed by atoms with Gasteiger partial charge < -0.3 is 19.5 Å². The molecule has 1 saturated carbocycles. The summed E-state index contributed by atoms with van der Waals surface area (Å²) in [6, 6.07) is 11.8. The third-order valence-electron chi connectivity index (χ3n) is 6.56. The first-order chi connectivity index (χ1) is 14.2. The molecular weight excluding hydrogens is 385 g/mol. The van der Waals surface area contributed by atoms with E-state index in [1.54, 1.807) is 24.3 Å². The van der Waals surface area contributed by atoms with E-state index >= 15 is 0 Å². The Morgan fingerprint density at radius 1 is 1.20 bits per heavy atom. The van der Waals surface area contributed by atoms with Crippen molar-refractivity contribution in [3.63, 3.8) is 0 Å². The van der Waals surface area contributed by atoms with Gasteiger partial charge in [-0.05, 0) is 55.2 Å². The Morgan fingerprint density at radius 2 is 1.90 bits per heavy atom. The van der Waals surface area contributed by atoms with Crippen LogP contribution in [-0.2, 0) is 20.5 Å². The summed E-state index contributed by atoms with van der Waals surface area (Å²) < 4.78 is 22.1. The number of carboxylic acids is 1. The lowest BCUT2D eigenvalue weighted by Gasteiger charge is -2.53. The Bertz CT molecular complexity index is 1160. The zero-order valence-corrected chi connectivity index (χ0v) is 17.0. The number of ether oxygens (including phenoxy) is 1. The molecule has 5 rings (SSSR count). The largest absolute Gasteiger partial charge is 0.507 e. The molecule has 1 spiro atoms. The van der Waals surface area contributed by atoms with Gasteiger partial charge in [0.1, 0.15) is 11.6 Å². The van der Waals surface area contributed by atoms with Crippen LogP contribution in [0.25, 0.3) is 16.6 Å². The number of carbonyl (C=O) groups is 1. The average molecular weight is 409 g/mol. The maximum Gasteiger partial charge on any atom is 0.303 e. The number of halogens is 1. The van der Waals surface area contributed by atoms with Crippen LogP contribution in [0, 0.1) is 11.7 Å². The van der Waals surface area contributed by atoms with Crippen LogP contribution in [-0.4, -0.2) is 27.4 Å². The van der Waals surface area contributed by atoms with Crippen molar-refractivity contribution in [3.8, 4) is 11.4 Å². The van der Waals surface area contributed by atoms with E-state index in [2.05, 4.69) is 18.4 Å². The molecule has 2 aliphatic rings. The van der Waals surface area contributed by atoms with Crippen molar-refractivity contribution >= 4 is 16.9 Å². The second-order valence-corrected chi connectivity index (χ2v) is 9.25. The highest BCUT2D eigenvalue weighted by Crippen LogP contribution is 2.59. The van der Waals surface area contributed by atoms with Gasteiger partial charge >= 0.3 is 5.97 Å². The highest BCUT2D eigenvalue weighted by molar-refractivity contribution is 5.94. The molecule has 0 amide bonds. The lowest BCUT2D eigenvalue weighted by Crippen LogP contribution is -2.51. The number of nitrogens with zero attached hydrogens (tertiary/aromatic N) is 1. The quantitative estimate of drug-likeness (QED) is 0.648. The monoisotopic (exact) mass is 409 g/mol. The van der Waals surface area contributed by atoms with Gasteiger partial charge in [-0.15, -0.1) is 0 Å². The minimum atomic E-state index is -0.803. The van der Waals surface area contributed by atoms with Crippen molar-refractivity contribution in [2.24, 2.45) is 5.92 Å². The van der Waals surface area contributed by atoms with E-state index in [0.717, 1.165) is 27.8 Å². The molecule has 0 bridgehead atoms. The summed E-state index contributed by atoms with van der Waals surface area (Å²) in [7, 11) is 0. The molecule has 5 nitrogen and oxygen atoms in total. The molecule has 0 radical (unpaired) electrons. The van der Waals surface area contributed by atoms with Crippen LogP contribution in [0.1, 0.15) is 44.4 Å². The standard InChI is InChI=1S/C24H24FNO4/c1-23(2)13-30-24(11-14(12-24)10-19(28)29)21-20-17(4-3-5-18(20)27)26(22(21)23)16-8-6-15(25)7-9-16/h3-9,14,27H,10-13H2,1-2H3,(H,28,29). The first-order valence-corrected chi connectivity index (χ1v) is 10.2. The van der Waals surface area contributed by atoms with Crippen molar-refractivity contribution < 1.29 is 24.1 Å². The fourth-order valence-corrected chi connectivity index (χ4v) is 5.31. The summed E-state index contributed by atoms with van der Waals surface area (Å²) in [5, 5.41) is 20.8. The summed E-state index contributed by atoms with van der Waals surface area (Å²) in [6.45, 7) is 4.68. The molecule has 1 fully saturated rings. The smallest absolute Gasteiger partial charge is 0.303 e. The summed E-state index contributed by atoms with van der Waals surface area (Å²) in [5.41, 5.74) is 2.68. The van der Waals surface area contributed by atoms with Gasteiger partial charge in [0.05, 0.1) is 17.7 Å². The number of aliphatic carboxylic acids is 1. The van der Waals surface area contributed by atoms with Gasteiger partial charge in [0.25, 0.3) is 0 Å². The fourth-order valence-electron chi connectivity index (χ4n) is 5.31. The topological polar surface area (TPSA) is 71.7 Å². The summed E-state index contributed by atoms with van der Waals surface area (Å²) in [5.74, 6) is -0.886. The van der Waals surface area contributed by atoms with E-state index in [-0.39, 0.29) is 29.3 Å². The molecule has 2 N–H and O–H groups in total. The maximum absolute atomic E-state index is 13.6. The third kappa shape index (κ3) is 2.67. The van der Waals surface area contributed by atoms with Crippen LogP contribution >= 0.6 is 0 Å². The first kappa shape index (κ1) is 19.1. The summed E-state index contributed by atoms with van der Waals surface area (Å²) in [4.78, 5) is 11.2. The van der Waals surface area contributed by atoms with E-state index in [1.165, 1.54) is 12.1 Å². The van der Waals surface area contributed by atoms with Crippen molar-refractivity contribution in [3.05, 3.63) is 59.5 Å². The number of carboxylic acid groups (broad SMARTS) is 1. The Morgan fingerprint density at radius 3 is 2.57 bits per heavy atom. The van der Waals surface area contributed by atoms with Gasteiger partial charge in [0.2, 0.25) is 0 Å². The molecule has 156 valence electrons. The number of hydrogen-bond acceptors (Lipinski definition) is 3. The maximum atomic E-state index is 13.6. The number of rotatable bonds is 3. The third-order valence-corrected chi connectivity index (χ3v) is 6.56. The Labute approximate surface area is 173 Å². The van der Waals surface area contributed by atoms with Gasteiger partial charge in [0, 0.05) is 34.2 Å². The van der Waals surface area contributed by atoms with Crippen molar-refractivity contribution in [2.45, 2.75) is 44.1 Å². The van der Waals surface area contributed by atoms with Gasteiger partial charge in [-0.1, -0.05) is 19.9 Å². The molecule has 2 heterocycles. The van der Waals surface area contributed by atoms with Crippen molar-refractivity contribution in [2.75, 3.05) is 6.61 Å². The molecule has 30 heavy (non-hydrogen) atoms. The lowest BCUT2D eigenvalue weighted by atomic mass is 9.62. The van der Waals surface area contributed by atoms with Crippen molar-refractivity contribution in [1.82, 2.24) is 4.57 Å². The number of aromatic nitrogens is 1. The van der Waals surface area contributed by atoms with Crippen LogP contribution < -0.4 is 0 Å². The van der Waals surface area contributed by atoms with Crippen LogP contribution in [0.15, 0.2) is 42.5 Å². The number of fused-ring (bicyclic) bond motifs is 4. The molecule has 0 saturated heterocycles. The van der Waals surface area contributed by atoms with Gasteiger partial charge in [0.15, 0.2) is 0 Å². The Balaban J connectivity index is 1.79. The predicted molar refractivity (Wildman–Crippen MR) is 111 cm³/mol. The minimum Gasteiger partial charge on any atom is -0.507 e. The van der Waals surface area contributed by atoms with Crippen LogP contribution in [0.4, 0.5) is 4.39 Å². The lowest BCUT2D eigenvalue weighted by molar-refractivity contribution is -0.167. The molecule has 1 aromatic heterocycles. The number of hydrogen-bond donors (Lipinski definition) is 2. The highest BCUT2D eigenvalue weighted by Gasteiger charge is 2.55. The Kier molecular flexibility index (Phi) is 4.03. The molecule has 0 atom stereocenters. The van der Waals surface area contributed by atoms with Gasteiger partial charge in [-0.3, -0.25) is 4.79 Å². The highest BCUT2D eigenvalue weighted by atomic mass is 19.1. The zero-order chi connectivity index (χ0) is 21.3. The molecular formula is C24H24FNO4. The molecule has 0 unspecified atom stereocenters. The molecule has 2 aromatic carbocycles. The number of phenols is 1. The SMILES string of the molecule is CC1(C)COC2(CC(CC(=O)O)C2)c2c1n(-c1ccc(F)cc1)c1cccc(O)c21.